The lowest BCUT2D eigenvalue weighted by molar-refractivity contribution is -0.126. The summed E-state index contributed by atoms with van der Waals surface area (Å²) in [5.41, 5.74) is 2.44. The minimum absolute atomic E-state index is 0. The van der Waals surface area contributed by atoms with Crippen molar-refractivity contribution in [3.8, 4) is 0 Å². The van der Waals surface area contributed by atoms with Crippen LogP contribution < -0.4 is 10.6 Å². The van der Waals surface area contributed by atoms with Gasteiger partial charge in [-0.1, -0.05) is 13.0 Å². The maximum absolute atomic E-state index is 13.0. The average Bonchev–Trinajstić information content (AvgIpc) is 3.14. The van der Waals surface area contributed by atoms with Crippen LogP contribution in [0.15, 0.2) is 23.1 Å². The van der Waals surface area contributed by atoms with Gasteiger partial charge in [-0.15, -0.1) is 12.4 Å². The lowest BCUT2D eigenvalue weighted by Gasteiger charge is -2.31. The van der Waals surface area contributed by atoms with E-state index in [0.29, 0.717) is 37.4 Å². The van der Waals surface area contributed by atoms with E-state index in [9.17, 15) is 13.2 Å². The third-order valence-corrected chi connectivity index (χ3v) is 7.56. The number of carbonyl (C=O) groups is 1. The van der Waals surface area contributed by atoms with E-state index in [2.05, 4.69) is 10.6 Å². The number of benzene rings is 1. The first kappa shape index (κ1) is 23.1. The number of piperidine rings is 1. The lowest BCUT2D eigenvalue weighted by atomic mass is 9.97. The molecule has 2 aliphatic rings. The van der Waals surface area contributed by atoms with Crippen LogP contribution in [0.1, 0.15) is 44.2 Å². The Labute approximate surface area is 174 Å². The van der Waals surface area contributed by atoms with Gasteiger partial charge in [-0.25, -0.2) is 8.42 Å². The molecule has 1 aliphatic heterocycles. The molecule has 1 atom stereocenters. The summed E-state index contributed by atoms with van der Waals surface area (Å²) in [7, 11) is -3.47. The number of halogens is 1. The van der Waals surface area contributed by atoms with Gasteiger partial charge in [0.25, 0.3) is 0 Å². The number of aryl methyl sites for hydroxylation is 2. The van der Waals surface area contributed by atoms with Crippen molar-refractivity contribution in [2.24, 2.45) is 5.92 Å². The highest BCUT2D eigenvalue weighted by atomic mass is 35.5. The van der Waals surface area contributed by atoms with Crippen LogP contribution in [0.4, 0.5) is 0 Å². The van der Waals surface area contributed by atoms with Crippen molar-refractivity contribution in [3.05, 3.63) is 29.3 Å². The topological polar surface area (TPSA) is 78.5 Å². The van der Waals surface area contributed by atoms with Crippen LogP contribution in [0.5, 0.6) is 0 Å². The fraction of sp³-hybridized carbons (Fsp3) is 0.650. The predicted octanol–water partition coefficient (Wildman–Crippen LogP) is 2.11. The van der Waals surface area contributed by atoms with Crippen LogP contribution in [0.3, 0.4) is 0 Å². The van der Waals surface area contributed by atoms with Gasteiger partial charge >= 0.3 is 0 Å². The SMILES string of the molecule is CCN[C@H](C)CNC(=O)C1CCN(S(=O)(=O)c2ccc3c(c2)CCC3)CC1.Cl. The van der Waals surface area contributed by atoms with Crippen LogP contribution >= 0.6 is 12.4 Å². The third-order valence-electron chi connectivity index (χ3n) is 5.67. The molecule has 0 saturated carbocycles. The van der Waals surface area contributed by atoms with E-state index in [-0.39, 0.29) is 30.3 Å². The highest BCUT2D eigenvalue weighted by Gasteiger charge is 2.32. The van der Waals surface area contributed by atoms with E-state index in [4.69, 9.17) is 0 Å². The molecule has 8 heteroatoms. The molecule has 3 rings (SSSR count). The molecule has 0 bridgehead atoms. The number of nitrogens with one attached hydrogen (secondary N) is 2. The second kappa shape index (κ2) is 10.1. The lowest BCUT2D eigenvalue weighted by Crippen LogP contribution is -2.45. The summed E-state index contributed by atoms with van der Waals surface area (Å²) in [6.07, 6.45) is 4.26. The number of nitrogens with zero attached hydrogens (tertiary/aromatic N) is 1. The second-order valence-electron chi connectivity index (χ2n) is 7.67. The normalized spacial score (nSPS) is 18.9. The molecule has 1 amide bonds. The van der Waals surface area contributed by atoms with Gasteiger partial charge in [-0.05, 0) is 68.8 Å². The largest absolute Gasteiger partial charge is 0.354 e. The van der Waals surface area contributed by atoms with Gasteiger partial charge in [0.1, 0.15) is 0 Å². The van der Waals surface area contributed by atoms with Crippen molar-refractivity contribution >= 4 is 28.3 Å². The summed E-state index contributed by atoms with van der Waals surface area (Å²) >= 11 is 0. The Balaban J connectivity index is 0.00000280. The Hall–Kier alpha value is -1.15. The van der Waals surface area contributed by atoms with Crippen molar-refractivity contribution in [2.75, 3.05) is 26.2 Å². The fourth-order valence-electron chi connectivity index (χ4n) is 4.03. The van der Waals surface area contributed by atoms with Gasteiger partial charge in [0.15, 0.2) is 0 Å². The van der Waals surface area contributed by atoms with Crippen LogP contribution in [-0.4, -0.2) is 50.9 Å². The van der Waals surface area contributed by atoms with Gasteiger partial charge in [-0.2, -0.15) is 4.31 Å². The molecular formula is C20H32ClN3O3S. The molecule has 2 N–H and O–H groups in total. The quantitative estimate of drug-likeness (QED) is 0.695. The zero-order valence-electron chi connectivity index (χ0n) is 16.7. The summed E-state index contributed by atoms with van der Waals surface area (Å²) in [5.74, 6) is -0.0698. The van der Waals surface area contributed by atoms with Crippen LogP contribution in [0.25, 0.3) is 0 Å². The molecule has 0 radical (unpaired) electrons. The molecule has 1 aliphatic carbocycles. The third kappa shape index (κ3) is 5.26. The van der Waals surface area contributed by atoms with E-state index in [1.165, 1.54) is 15.4 Å². The molecule has 1 aromatic rings. The number of carbonyl (C=O) groups excluding carboxylic acids is 1. The number of hydrogen-bond donors (Lipinski definition) is 2. The van der Waals surface area contributed by atoms with E-state index >= 15 is 0 Å². The van der Waals surface area contributed by atoms with E-state index in [1.54, 1.807) is 6.07 Å². The number of fused-ring (bicyclic) bond motifs is 1. The standard InChI is InChI=1S/C20H31N3O3S.ClH/c1-3-21-15(2)14-22-20(24)17-9-11-23(12-10-17)27(25,26)19-8-7-16-5-4-6-18(16)13-19;/h7-8,13,15,17,21H,3-6,9-12,14H2,1-2H3,(H,22,24);1H/t15-;/m1./s1. The van der Waals surface area contributed by atoms with Crippen LogP contribution in [0, 0.1) is 5.92 Å². The zero-order valence-corrected chi connectivity index (χ0v) is 18.4. The summed E-state index contributed by atoms with van der Waals surface area (Å²) in [6, 6.07) is 5.78. The molecule has 28 heavy (non-hydrogen) atoms. The molecule has 158 valence electrons. The van der Waals surface area contributed by atoms with E-state index < -0.39 is 10.0 Å². The summed E-state index contributed by atoms with van der Waals surface area (Å²) in [5, 5.41) is 6.25. The van der Waals surface area contributed by atoms with Gasteiger partial charge in [0, 0.05) is 31.6 Å². The second-order valence-corrected chi connectivity index (χ2v) is 9.60. The van der Waals surface area contributed by atoms with Crippen molar-refractivity contribution in [3.63, 3.8) is 0 Å². The number of amides is 1. The van der Waals surface area contributed by atoms with Crippen LogP contribution in [0.2, 0.25) is 0 Å². The molecule has 1 saturated heterocycles. The Morgan fingerprint density at radius 2 is 1.89 bits per heavy atom. The average molecular weight is 430 g/mol. The number of rotatable bonds is 7. The minimum Gasteiger partial charge on any atom is -0.354 e. The van der Waals surface area contributed by atoms with E-state index in [0.717, 1.165) is 25.8 Å². The Morgan fingerprint density at radius 3 is 2.57 bits per heavy atom. The first-order valence-electron chi connectivity index (χ1n) is 10.0. The van der Waals surface area contributed by atoms with Crippen molar-refractivity contribution < 1.29 is 13.2 Å². The highest BCUT2D eigenvalue weighted by molar-refractivity contribution is 7.89. The monoisotopic (exact) mass is 429 g/mol. The van der Waals surface area contributed by atoms with Crippen LogP contribution in [-0.2, 0) is 27.7 Å². The smallest absolute Gasteiger partial charge is 0.243 e. The first-order valence-corrected chi connectivity index (χ1v) is 11.5. The van der Waals surface area contributed by atoms with Crippen molar-refractivity contribution in [2.45, 2.75) is 56.9 Å². The Bertz CT molecular complexity index is 777. The first-order chi connectivity index (χ1) is 12.9. The Morgan fingerprint density at radius 1 is 1.21 bits per heavy atom. The molecule has 0 spiro atoms. The molecular weight excluding hydrogens is 398 g/mol. The molecule has 1 heterocycles. The summed E-state index contributed by atoms with van der Waals surface area (Å²) in [4.78, 5) is 12.7. The maximum atomic E-state index is 13.0. The summed E-state index contributed by atoms with van der Waals surface area (Å²) in [6.45, 7) is 6.35. The molecule has 0 unspecified atom stereocenters. The number of hydrogen-bond acceptors (Lipinski definition) is 4. The highest BCUT2D eigenvalue weighted by Crippen LogP contribution is 2.28. The predicted molar refractivity (Wildman–Crippen MR) is 113 cm³/mol. The van der Waals surface area contributed by atoms with Gasteiger partial charge in [0.05, 0.1) is 4.90 Å². The summed E-state index contributed by atoms with van der Waals surface area (Å²) < 4.78 is 27.5. The molecule has 0 aromatic heterocycles. The van der Waals surface area contributed by atoms with Crippen molar-refractivity contribution in [1.82, 2.24) is 14.9 Å². The van der Waals surface area contributed by atoms with E-state index in [1.807, 2.05) is 26.0 Å². The maximum Gasteiger partial charge on any atom is 0.243 e. The molecule has 1 fully saturated rings. The van der Waals surface area contributed by atoms with Gasteiger partial charge < -0.3 is 10.6 Å². The molecule has 1 aromatic carbocycles. The zero-order chi connectivity index (χ0) is 19.4. The van der Waals surface area contributed by atoms with Gasteiger partial charge in [0.2, 0.25) is 15.9 Å². The van der Waals surface area contributed by atoms with Crippen molar-refractivity contribution in [1.29, 1.82) is 0 Å². The fourth-order valence-corrected chi connectivity index (χ4v) is 5.56. The Kier molecular flexibility index (Phi) is 8.30. The molecule has 6 nitrogen and oxygen atoms in total. The number of sulfonamides is 1. The van der Waals surface area contributed by atoms with Gasteiger partial charge in [-0.3, -0.25) is 4.79 Å². The number of likely N-dealkylation sites (N-methyl/N-ethyl adjacent to an activating group) is 1. The minimum atomic E-state index is -3.47.